The summed E-state index contributed by atoms with van der Waals surface area (Å²) in [4.78, 5) is 0. The van der Waals surface area contributed by atoms with Gasteiger partial charge in [-0.2, -0.15) is 0 Å². The van der Waals surface area contributed by atoms with Crippen LogP contribution in [0.1, 0.15) is 25.1 Å². The normalized spacial score (nSPS) is 31.4. The standard InChI is InChI=1S/C22H24N3O4/c1-22(2)28-20-19(26-14-15-8-4-3-5-9-15)18(27-21(20)29-22)13-25-12-17(23-24-25)16-10-6-7-11-16/h3-12,18-21H,13-14H2,1-2H3/t18-,19+,20-,21-/m1/s1. The van der Waals surface area contributed by atoms with Gasteiger partial charge in [-0.25, -0.2) is 4.68 Å². The Morgan fingerprint density at radius 1 is 1.10 bits per heavy atom. The molecule has 0 amide bonds. The minimum Gasteiger partial charge on any atom is -0.368 e. The molecule has 1 aromatic heterocycles. The van der Waals surface area contributed by atoms with E-state index in [0.29, 0.717) is 13.2 Å². The van der Waals surface area contributed by atoms with Crippen LogP contribution in [-0.2, 0) is 32.1 Å². The van der Waals surface area contributed by atoms with Crippen LogP contribution in [0.4, 0.5) is 0 Å². The molecular weight excluding hydrogens is 370 g/mol. The highest BCUT2D eigenvalue weighted by Crippen LogP contribution is 2.39. The van der Waals surface area contributed by atoms with Crippen molar-refractivity contribution in [2.45, 2.75) is 57.4 Å². The van der Waals surface area contributed by atoms with Crippen LogP contribution in [0.15, 0.2) is 36.5 Å². The van der Waals surface area contributed by atoms with Gasteiger partial charge in [0.1, 0.15) is 18.3 Å². The van der Waals surface area contributed by atoms with Crippen LogP contribution < -0.4 is 0 Å². The number of aromatic nitrogens is 3. The lowest BCUT2D eigenvalue weighted by Crippen LogP contribution is -2.38. The second kappa shape index (κ2) is 7.80. The number of rotatable bonds is 6. The summed E-state index contributed by atoms with van der Waals surface area (Å²) in [5.41, 5.74) is 1.94. The Kier molecular flexibility index (Phi) is 5.16. The van der Waals surface area contributed by atoms with Crippen molar-refractivity contribution >= 4 is 0 Å². The summed E-state index contributed by atoms with van der Waals surface area (Å²) >= 11 is 0. The topological polar surface area (TPSA) is 67.6 Å². The van der Waals surface area contributed by atoms with Crippen molar-refractivity contribution in [3.05, 3.63) is 79.4 Å². The van der Waals surface area contributed by atoms with Gasteiger partial charge < -0.3 is 18.9 Å². The van der Waals surface area contributed by atoms with Crippen molar-refractivity contribution in [2.75, 3.05) is 0 Å². The largest absolute Gasteiger partial charge is 0.368 e. The van der Waals surface area contributed by atoms with E-state index in [1.807, 2.05) is 76.1 Å². The number of ether oxygens (including phenoxy) is 4. The highest BCUT2D eigenvalue weighted by atomic mass is 16.8. The molecule has 7 nitrogen and oxygen atoms in total. The fourth-order valence-corrected chi connectivity index (χ4v) is 3.91. The Morgan fingerprint density at radius 2 is 1.90 bits per heavy atom. The number of nitrogens with zero attached hydrogens (tertiary/aromatic N) is 3. The molecule has 5 rings (SSSR count). The molecule has 7 heteroatoms. The van der Waals surface area contributed by atoms with E-state index in [9.17, 15) is 0 Å². The monoisotopic (exact) mass is 394 g/mol. The van der Waals surface area contributed by atoms with E-state index >= 15 is 0 Å². The molecule has 1 aliphatic carbocycles. The van der Waals surface area contributed by atoms with Crippen LogP contribution in [0.3, 0.4) is 0 Å². The van der Waals surface area contributed by atoms with Crippen molar-refractivity contribution in [3.8, 4) is 0 Å². The zero-order valence-corrected chi connectivity index (χ0v) is 16.5. The summed E-state index contributed by atoms with van der Waals surface area (Å²) in [6, 6.07) is 10.1. The smallest absolute Gasteiger partial charge is 0.190 e. The fraction of sp³-hybridized carbons (Fsp3) is 0.409. The first kappa shape index (κ1) is 19.2. The van der Waals surface area contributed by atoms with Gasteiger partial charge in [-0.3, -0.25) is 0 Å². The van der Waals surface area contributed by atoms with Gasteiger partial charge in [0, 0.05) is 12.1 Å². The van der Waals surface area contributed by atoms with Crippen molar-refractivity contribution in [1.82, 2.24) is 15.0 Å². The van der Waals surface area contributed by atoms with E-state index in [4.69, 9.17) is 18.9 Å². The average molecular weight is 394 g/mol. The molecule has 2 aromatic rings. The predicted molar refractivity (Wildman–Crippen MR) is 103 cm³/mol. The summed E-state index contributed by atoms with van der Waals surface area (Å²) < 4.78 is 26.2. The summed E-state index contributed by atoms with van der Waals surface area (Å²) in [5.74, 6) is 0.359. The first-order chi connectivity index (χ1) is 14.1. The molecule has 3 fully saturated rings. The molecule has 2 aliphatic heterocycles. The van der Waals surface area contributed by atoms with E-state index in [-0.39, 0.29) is 18.3 Å². The second-order valence-corrected chi connectivity index (χ2v) is 7.90. The Morgan fingerprint density at radius 3 is 2.69 bits per heavy atom. The molecule has 1 aromatic carbocycles. The van der Waals surface area contributed by atoms with E-state index in [0.717, 1.165) is 17.2 Å². The first-order valence-electron chi connectivity index (χ1n) is 9.86. The SMILES string of the molecule is CC1(C)O[C@H]2O[C@H](Cn3cc([C]4[CH][CH][CH][CH]4)nn3)[C@H](OCc3ccccc3)[C@H]2O1. The first-order valence-corrected chi connectivity index (χ1v) is 9.86. The Hall–Kier alpha value is -1.80. The van der Waals surface area contributed by atoms with Gasteiger partial charge in [0.2, 0.25) is 0 Å². The molecule has 5 radical (unpaired) electrons. The lowest BCUT2D eigenvalue weighted by molar-refractivity contribution is -0.220. The average Bonchev–Trinajstić information content (AvgIpc) is 3.46. The van der Waals surface area contributed by atoms with Crippen molar-refractivity contribution in [2.24, 2.45) is 0 Å². The number of hydrogen-bond donors (Lipinski definition) is 0. The van der Waals surface area contributed by atoms with E-state index in [1.54, 1.807) is 4.68 Å². The number of hydrogen-bond acceptors (Lipinski definition) is 6. The third-order valence-corrected chi connectivity index (χ3v) is 5.24. The van der Waals surface area contributed by atoms with E-state index in [2.05, 4.69) is 10.3 Å². The zero-order valence-electron chi connectivity index (χ0n) is 16.5. The third-order valence-electron chi connectivity index (χ3n) is 5.24. The molecule has 0 N–H and O–H groups in total. The van der Waals surface area contributed by atoms with Crippen LogP contribution in [0.2, 0.25) is 0 Å². The van der Waals surface area contributed by atoms with Gasteiger partial charge in [0.05, 0.1) is 18.8 Å². The highest BCUT2D eigenvalue weighted by Gasteiger charge is 2.55. The van der Waals surface area contributed by atoms with Crippen molar-refractivity contribution in [3.63, 3.8) is 0 Å². The van der Waals surface area contributed by atoms with Gasteiger partial charge in [-0.1, -0.05) is 35.5 Å². The third kappa shape index (κ3) is 4.10. The van der Waals surface area contributed by atoms with Crippen LogP contribution in [0.5, 0.6) is 0 Å². The summed E-state index contributed by atoms with van der Waals surface area (Å²) in [6.45, 7) is 4.77. The van der Waals surface area contributed by atoms with Crippen molar-refractivity contribution < 1.29 is 18.9 Å². The summed E-state index contributed by atoms with van der Waals surface area (Å²) in [5, 5.41) is 8.53. The number of fused-ring (bicyclic) bond motifs is 1. The Labute approximate surface area is 171 Å². The molecule has 2 saturated heterocycles. The lowest BCUT2D eigenvalue weighted by Gasteiger charge is -2.26. The van der Waals surface area contributed by atoms with Gasteiger partial charge in [0.15, 0.2) is 12.1 Å². The lowest BCUT2D eigenvalue weighted by atomic mass is 10.1. The molecular formula is C22H24N3O4. The fourth-order valence-electron chi connectivity index (χ4n) is 3.91. The molecule has 3 aliphatic rings. The quantitative estimate of drug-likeness (QED) is 0.750. The molecule has 151 valence electrons. The van der Waals surface area contributed by atoms with Crippen LogP contribution in [0.25, 0.3) is 0 Å². The van der Waals surface area contributed by atoms with Gasteiger partial charge >= 0.3 is 0 Å². The Bertz CT molecular complexity index is 818. The second-order valence-electron chi connectivity index (χ2n) is 7.90. The molecule has 0 bridgehead atoms. The van der Waals surface area contributed by atoms with Gasteiger partial charge in [-0.05, 0) is 45.1 Å². The zero-order chi connectivity index (χ0) is 19.8. The number of benzene rings is 1. The maximum atomic E-state index is 6.27. The van der Waals surface area contributed by atoms with Crippen LogP contribution in [0, 0.1) is 31.6 Å². The maximum absolute atomic E-state index is 6.27. The minimum absolute atomic E-state index is 0.251. The van der Waals surface area contributed by atoms with E-state index < -0.39 is 12.1 Å². The molecule has 3 heterocycles. The van der Waals surface area contributed by atoms with Gasteiger partial charge in [0.25, 0.3) is 0 Å². The highest BCUT2D eigenvalue weighted by molar-refractivity contribution is 5.45. The molecule has 4 atom stereocenters. The molecule has 1 saturated carbocycles. The van der Waals surface area contributed by atoms with E-state index in [1.165, 1.54) is 0 Å². The minimum atomic E-state index is -0.688. The van der Waals surface area contributed by atoms with Crippen molar-refractivity contribution in [1.29, 1.82) is 0 Å². The summed E-state index contributed by atoms with van der Waals surface area (Å²) in [6.07, 6.45) is 8.67. The van der Waals surface area contributed by atoms with Gasteiger partial charge in [-0.15, -0.1) is 5.10 Å². The molecule has 0 spiro atoms. The molecule has 0 unspecified atom stereocenters. The predicted octanol–water partition coefficient (Wildman–Crippen LogP) is 2.49. The Balaban J connectivity index is 1.29. The molecule has 29 heavy (non-hydrogen) atoms. The summed E-state index contributed by atoms with van der Waals surface area (Å²) in [7, 11) is 0. The van der Waals surface area contributed by atoms with Crippen LogP contribution in [-0.4, -0.2) is 45.4 Å². The maximum Gasteiger partial charge on any atom is 0.190 e. The van der Waals surface area contributed by atoms with Crippen LogP contribution >= 0.6 is 0 Å².